The highest BCUT2D eigenvalue weighted by Gasteiger charge is 2.60. The van der Waals surface area contributed by atoms with Crippen molar-refractivity contribution >= 4 is 28.6 Å². The van der Waals surface area contributed by atoms with Crippen LogP contribution in [0.25, 0.3) is 10.9 Å². The van der Waals surface area contributed by atoms with Crippen molar-refractivity contribution in [3.05, 3.63) is 35.3 Å². The Bertz CT molecular complexity index is 1340. The molecule has 0 radical (unpaired) electrons. The molecule has 2 bridgehead atoms. The van der Waals surface area contributed by atoms with Crippen LogP contribution in [0.2, 0.25) is 0 Å². The monoisotopic (exact) mass is 537 g/mol. The molecule has 0 unspecified atom stereocenters. The third-order valence-corrected chi connectivity index (χ3v) is 7.79. The number of nitrogens with zero attached hydrogens (tertiary/aromatic N) is 2. The number of alkyl halides is 4. The van der Waals surface area contributed by atoms with Gasteiger partial charge in [0.1, 0.15) is 23.6 Å². The van der Waals surface area contributed by atoms with E-state index in [-0.39, 0.29) is 41.8 Å². The summed E-state index contributed by atoms with van der Waals surface area (Å²) in [5.74, 6) is -8.31. The number of amides is 3. The molecule has 8 nitrogen and oxygen atoms in total. The smallest absolute Gasteiger partial charge is 0.271 e. The van der Waals surface area contributed by atoms with Crippen molar-refractivity contribution in [2.45, 2.75) is 62.6 Å². The summed E-state index contributed by atoms with van der Waals surface area (Å²) in [6.07, 6.45) is -3.07. The van der Waals surface area contributed by atoms with Crippen molar-refractivity contribution in [3.63, 3.8) is 0 Å². The number of aromatic amines is 1. The zero-order valence-electron chi connectivity index (χ0n) is 19.9. The van der Waals surface area contributed by atoms with E-state index >= 15 is 0 Å². The minimum Gasteiger partial charge on any atom is -0.356 e. The second kappa shape index (κ2) is 9.56. The normalized spacial score (nSPS) is 26.9. The maximum Gasteiger partial charge on any atom is 0.271 e. The van der Waals surface area contributed by atoms with E-state index in [9.17, 15) is 41.6 Å². The molecule has 1 aromatic heterocycles. The lowest BCUT2D eigenvalue weighted by atomic mass is 9.71. The molecule has 38 heavy (non-hydrogen) atoms. The average molecular weight is 537 g/mol. The van der Waals surface area contributed by atoms with Gasteiger partial charge in [-0.3, -0.25) is 14.4 Å². The highest BCUT2D eigenvalue weighted by atomic mass is 19.3. The Morgan fingerprint density at radius 1 is 1.21 bits per heavy atom. The summed E-state index contributed by atoms with van der Waals surface area (Å²) in [5.41, 5.74) is -0.957. The fourth-order valence-electron chi connectivity index (χ4n) is 6.02. The van der Waals surface area contributed by atoms with Gasteiger partial charge in [0.15, 0.2) is 0 Å². The number of halogens is 5. The first-order valence-electron chi connectivity index (χ1n) is 12.3. The molecule has 1 aliphatic carbocycles. The van der Waals surface area contributed by atoms with Gasteiger partial charge in [0, 0.05) is 41.4 Å². The Hall–Kier alpha value is -3.69. The van der Waals surface area contributed by atoms with Crippen molar-refractivity contribution < 1.29 is 36.3 Å². The topological polar surface area (TPSA) is 118 Å². The van der Waals surface area contributed by atoms with Crippen LogP contribution in [0.3, 0.4) is 0 Å². The van der Waals surface area contributed by atoms with Crippen molar-refractivity contribution in [1.29, 1.82) is 5.26 Å². The molecule has 5 atom stereocenters. The van der Waals surface area contributed by atoms with E-state index in [1.165, 1.54) is 0 Å². The minimum absolute atomic E-state index is 0.0107. The van der Waals surface area contributed by atoms with Crippen LogP contribution in [-0.2, 0) is 9.59 Å². The molecule has 3 N–H and O–H groups in total. The molecule has 3 amide bonds. The van der Waals surface area contributed by atoms with Gasteiger partial charge in [-0.25, -0.2) is 22.0 Å². The van der Waals surface area contributed by atoms with Crippen LogP contribution in [-0.4, -0.2) is 58.2 Å². The van der Waals surface area contributed by atoms with Crippen molar-refractivity contribution in [1.82, 2.24) is 20.5 Å². The summed E-state index contributed by atoms with van der Waals surface area (Å²) >= 11 is 0. The van der Waals surface area contributed by atoms with Crippen molar-refractivity contribution in [3.8, 4) is 6.07 Å². The molecular weight excluding hydrogens is 513 g/mol. The van der Waals surface area contributed by atoms with Crippen molar-refractivity contribution in [2.75, 3.05) is 6.54 Å². The van der Waals surface area contributed by atoms with Gasteiger partial charge in [-0.05, 0) is 43.9 Å². The SMILES string of the molecule is N#C[C@@H](C[C@H]1CCNC1=O)NC(=O)[C@@H]1[C@H]2CC[C@H](CC2(F)F)N1C(=O)c1cc2c(C(F)F)cc(F)cc2[nH]1. The van der Waals surface area contributed by atoms with Crippen LogP contribution < -0.4 is 10.6 Å². The van der Waals surface area contributed by atoms with Gasteiger partial charge in [0.05, 0.1) is 12.0 Å². The largest absolute Gasteiger partial charge is 0.356 e. The van der Waals surface area contributed by atoms with E-state index in [4.69, 9.17) is 0 Å². The number of rotatable bonds is 6. The number of hydrogen-bond donors (Lipinski definition) is 3. The molecular formula is C25H24F5N5O3. The Balaban J connectivity index is 1.46. The zero-order valence-corrected chi connectivity index (χ0v) is 19.9. The molecule has 0 spiro atoms. The molecule has 6 rings (SSSR count). The van der Waals surface area contributed by atoms with E-state index in [1.54, 1.807) is 0 Å². The second-order valence-electron chi connectivity index (χ2n) is 10.1. The van der Waals surface area contributed by atoms with Gasteiger partial charge in [0.2, 0.25) is 11.8 Å². The Kier molecular flexibility index (Phi) is 6.53. The van der Waals surface area contributed by atoms with Crippen LogP contribution in [0.15, 0.2) is 18.2 Å². The highest BCUT2D eigenvalue weighted by molar-refractivity contribution is 6.01. The van der Waals surface area contributed by atoms with Gasteiger partial charge in [-0.1, -0.05) is 0 Å². The molecule has 1 aromatic carbocycles. The number of H-pyrrole nitrogens is 1. The Morgan fingerprint density at radius 2 is 1.97 bits per heavy atom. The van der Waals surface area contributed by atoms with Crippen molar-refractivity contribution in [2.24, 2.45) is 11.8 Å². The second-order valence-corrected chi connectivity index (χ2v) is 10.1. The number of fused-ring (bicyclic) bond motifs is 4. The first kappa shape index (κ1) is 25.9. The Morgan fingerprint density at radius 3 is 2.61 bits per heavy atom. The number of carbonyl (C=O) groups excluding carboxylic acids is 3. The number of carbonyl (C=O) groups is 3. The van der Waals surface area contributed by atoms with E-state index < -0.39 is 71.9 Å². The lowest BCUT2D eigenvalue weighted by Crippen LogP contribution is -2.68. The minimum atomic E-state index is -3.25. The standard InChI is InChI=1S/C25H24F5N5O3/c26-12-6-16(21(27)28)15-8-19(34-18(15)7-12)24(38)35-14-1-2-17(25(29,30)9-14)20(35)23(37)33-13(10-31)5-11-3-4-32-22(11)36/h6-8,11,13-14,17,20-21,34H,1-5,9H2,(H,32,36)(H,33,37)/t11-,13-,14-,17-,20+/m1/s1. The fraction of sp³-hybridized carbons (Fsp3) is 0.520. The van der Waals surface area contributed by atoms with E-state index in [0.717, 1.165) is 17.0 Å². The zero-order chi connectivity index (χ0) is 27.4. The lowest BCUT2D eigenvalue weighted by Gasteiger charge is -2.53. The summed E-state index contributed by atoms with van der Waals surface area (Å²) in [7, 11) is 0. The van der Waals surface area contributed by atoms with Gasteiger partial charge < -0.3 is 20.5 Å². The molecule has 3 saturated heterocycles. The molecule has 1 saturated carbocycles. The summed E-state index contributed by atoms with van der Waals surface area (Å²) < 4.78 is 70.7. The number of piperidine rings is 2. The summed E-state index contributed by atoms with van der Waals surface area (Å²) in [4.78, 5) is 42.5. The molecule has 4 fully saturated rings. The maximum atomic E-state index is 14.9. The van der Waals surface area contributed by atoms with Gasteiger partial charge >= 0.3 is 0 Å². The highest BCUT2D eigenvalue weighted by Crippen LogP contribution is 2.49. The van der Waals surface area contributed by atoms with Crippen LogP contribution >= 0.6 is 0 Å². The lowest BCUT2D eigenvalue weighted by molar-refractivity contribution is -0.179. The first-order chi connectivity index (χ1) is 18.0. The molecule has 2 aromatic rings. The number of nitriles is 1. The van der Waals surface area contributed by atoms with E-state index in [2.05, 4.69) is 15.6 Å². The van der Waals surface area contributed by atoms with Gasteiger partial charge in [-0.2, -0.15) is 5.26 Å². The van der Waals surface area contributed by atoms with Gasteiger partial charge in [-0.15, -0.1) is 0 Å². The van der Waals surface area contributed by atoms with E-state index in [0.29, 0.717) is 19.0 Å². The molecule has 4 aliphatic rings. The predicted molar refractivity (Wildman–Crippen MR) is 123 cm³/mol. The van der Waals surface area contributed by atoms with Crippen LogP contribution in [0.5, 0.6) is 0 Å². The average Bonchev–Trinajstić information content (AvgIpc) is 3.47. The third kappa shape index (κ3) is 4.46. The number of benzene rings is 1. The van der Waals surface area contributed by atoms with Crippen LogP contribution in [0, 0.1) is 29.0 Å². The molecule has 4 heterocycles. The third-order valence-electron chi connectivity index (χ3n) is 7.79. The molecule has 13 heteroatoms. The first-order valence-corrected chi connectivity index (χ1v) is 12.3. The van der Waals surface area contributed by atoms with Crippen LogP contribution in [0.4, 0.5) is 22.0 Å². The van der Waals surface area contributed by atoms with E-state index in [1.807, 2.05) is 6.07 Å². The number of aromatic nitrogens is 1. The maximum absolute atomic E-state index is 14.9. The van der Waals surface area contributed by atoms with Gasteiger partial charge in [0.25, 0.3) is 18.3 Å². The molecule has 3 aliphatic heterocycles. The fourth-order valence-corrected chi connectivity index (χ4v) is 6.02. The molecule has 202 valence electrons. The summed E-state index contributed by atoms with van der Waals surface area (Å²) in [6, 6.07) is 0.789. The quantitative estimate of drug-likeness (QED) is 0.490. The summed E-state index contributed by atoms with van der Waals surface area (Å²) in [5, 5.41) is 14.5. The number of hydrogen-bond acceptors (Lipinski definition) is 4. The number of nitrogens with one attached hydrogen (secondary N) is 3. The Labute approximate surface area is 213 Å². The van der Waals surface area contributed by atoms with Crippen LogP contribution in [0.1, 0.15) is 54.6 Å². The predicted octanol–water partition coefficient (Wildman–Crippen LogP) is 3.41. The summed E-state index contributed by atoms with van der Waals surface area (Å²) in [6.45, 7) is 0.429.